The number of anilines is 2. The molecule has 2 aliphatic heterocycles. The van der Waals surface area contributed by atoms with E-state index in [0.29, 0.717) is 31.1 Å². The Kier molecular flexibility index (Phi) is 5.74. The summed E-state index contributed by atoms with van der Waals surface area (Å²) in [5, 5.41) is 0. The lowest BCUT2D eigenvalue weighted by Gasteiger charge is -2.35. The Morgan fingerprint density at radius 1 is 0.862 bits per heavy atom. The standard InChI is InChI=1S/C21H29N5O2S/c1-17-6-7-19(18(2)16-17)29(27,28)26-14-12-24(13-15-26)20-8-9-22-21(23-20)25-10-4-3-5-11-25/h6-9,16H,3-5,10-15H2,1-2H3. The predicted octanol–water partition coefficient (Wildman–Crippen LogP) is 2.59. The van der Waals surface area contributed by atoms with E-state index in [9.17, 15) is 8.42 Å². The van der Waals surface area contributed by atoms with Crippen molar-refractivity contribution in [2.75, 3.05) is 49.1 Å². The van der Waals surface area contributed by atoms with Crippen LogP contribution in [0.5, 0.6) is 0 Å². The molecule has 0 atom stereocenters. The van der Waals surface area contributed by atoms with Gasteiger partial charge in [-0.15, -0.1) is 0 Å². The van der Waals surface area contributed by atoms with Crippen LogP contribution in [0.4, 0.5) is 11.8 Å². The monoisotopic (exact) mass is 415 g/mol. The molecule has 0 N–H and O–H groups in total. The molecular weight excluding hydrogens is 386 g/mol. The first-order valence-corrected chi connectivity index (χ1v) is 11.8. The first-order valence-electron chi connectivity index (χ1n) is 10.4. The van der Waals surface area contributed by atoms with E-state index in [4.69, 9.17) is 4.98 Å². The first kappa shape index (κ1) is 20.1. The number of hydrogen-bond donors (Lipinski definition) is 0. The van der Waals surface area contributed by atoms with Crippen molar-refractivity contribution in [3.63, 3.8) is 0 Å². The molecule has 8 heteroatoms. The highest BCUT2D eigenvalue weighted by Crippen LogP contribution is 2.24. The van der Waals surface area contributed by atoms with E-state index in [-0.39, 0.29) is 0 Å². The summed E-state index contributed by atoms with van der Waals surface area (Å²) in [5.74, 6) is 1.66. The van der Waals surface area contributed by atoms with Crippen molar-refractivity contribution in [1.29, 1.82) is 0 Å². The van der Waals surface area contributed by atoms with Gasteiger partial charge in [-0.2, -0.15) is 9.29 Å². The third kappa shape index (κ3) is 4.23. The highest BCUT2D eigenvalue weighted by molar-refractivity contribution is 7.89. The summed E-state index contributed by atoms with van der Waals surface area (Å²) in [6.07, 6.45) is 5.45. The predicted molar refractivity (Wildman–Crippen MR) is 115 cm³/mol. The number of rotatable bonds is 4. The van der Waals surface area contributed by atoms with E-state index < -0.39 is 10.0 Å². The quantitative estimate of drug-likeness (QED) is 0.765. The zero-order chi connectivity index (χ0) is 20.4. The van der Waals surface area contributed by atoms with Crippen molar-refractivity contribution in [3.05, 3.63) is 41.6 Å². The Balaban J connectivity index is 1.45. The van der Waals surface area contributed by atoms with Gasteiger partial charge in [0.25, 0.3) is 0 Å². The summed E-state index contributed by atoms with van der Waals surface area (Å²) in [6.45, 7) is 8.01. The summed E-state index contributed by atoms with van der Waals surface area (Å²) in [7, 11) is -3.47. The van der Waals surface area contributed by atoms with E-state index in [1.54, 1.807) is 10.4 Å². The van der Waals surface area contributed by atoms with Gasteiger partial charge in [0.05, 0.1) is 4.90 Å². The van der Waals surface area contributed by atoms with Gasteiger partial charge in [-0.1, -0.05) is 17.7 Å². The van der Waals surface area contributed by atoms with Crippen LogP contribution >= 0.6 is 0 Å². The molecule has 0 aliphatic carbocycles. The first-order chi connectivity index (χ1) is 13.9. The number of piperazine rings is 1. The highest BCUT2D eigenvalue weighted by Gasteiger charge is 2.30. The lowest BCUT2D eigenvalue weighted by molar-refractivity contribution is 0.383. The number of sulfonamides is 1. The highest BCUT2D eigenvalue weighted by atomic mass is 32.2. The fourth-order valence-corrected chi connectivity index (χ4v) is 5.77. The molecule has 0 unspecified atom stereocenters. The maximum atomic E-state index is 13.1. The average molecular weight is 416 g/mol. The van der Waals surface area contributed by atoms with E-state index in [0.717, 1.165) is 36.0 Å². The van der Waals surface area contributed by atoms with Gasteiger partial charge >= 0.3 is 0 Å². The number of hydrogen-bond acceptors (Lipinski definition) is 6. The number of aromatic nitrogens is 2. The molecule has 0 amide bonds. The Labute approximate surface area is 173 Å². The van der Waals surface area contributed by atoms with Crippen LogP contribution in [-0.2, 0) is 10.0 Å². The second-order valence-electron chi connectivity index (χ2n) is 7.92. The lowest BCUT2D eigenvalue weighted by Crippen LogP contribution is -2.49. The number of piperidine rings is 1. The minimum absolute atomic E-state index is 0.408. The minimum atomic E-state index is -3.47. The molecule has 0 spiro atoms. The van der Waals surface area contributed by atoms with Gasteiger partial charge in [0.15, 0.2) is 0 Å². The zero-order valence-electron chi connectivity index (χ0n) is 17.2. The molecule has 156 valence electrons. The molecule has 0 bridgehead atoms. The Bertz CT molecular complexity index is 965. The van der Waals surface area contributed by atoms with Crippen LogP contribution < -0.4 is 9.80 Å². The van der Waals surface area contributed by atoms with Crippen LogP contribution in [0.3, 0.4) is 0 Å². The molecule has 2 aliphatic rings. The van der Waals surface area contributed by atoms with Crippen molar-refractivity contribution < 1.29 is 8.42 Å². The maximum absolute atomic E-state index is 13.1. The largest absolute Gasteiger partial charge is 0.354 e. The van der Waals surface area contributed by atoms with Crippen LogP contribution in [0, 0.1) is 13.8 Å². The van der Waals surface area contributed by atoms with Crippen molar-refractivity contribution >= 4 is 21.8 Å². The van der Waals surface area contributed by atoms with Gasteiger partial charge in [-0.05, 0) is 50.8 Å². The Morgan fingerprint density at radius 3 is 2.28 bits per heavy atom. The van der Waals surface area contributed by atoms with Gasteiger partial charge in [-0.3, -0.25) is 0 Å². The summed E-state index contributed by atoms with van der Waals surface area (Å²) in [5.41, 5.74) is 1.87. The van der Waals surface area contributed by atoms with Crippen LogP contribution in [0.15, 0.2) is 35.4 Å². The summed E-state index contributed by atoms with van der Waals surface area (Å²) in [6, 6.07) is 7.43. The van der Waals surface area contributed by atoms with Crippen molar-refractivity contribution in [2.24, 2.45) is 0 Å². The summed E-state index contributed by atoms with van der Waals surface area (Å²) < 4.78 is 27.8. The van der Waals surface area contributed by atoms with Gasteiger partial charge in [0.1, 0.15) is 5.82 Å². The van der Waals surface area contributed by atoms with Gasteiger partial charge < -0.3 is 9.80 Å². The summed E-state index contributed by atoms with van der Waals surface area (Å²) in [4.78, 5) is 14.0. The average Bonchev–Trinajstić information content (AvgIpc) is 2.74. The molecule has 4 rings (SSSR count). The number of nitrogens with zero attached hydrogens (tertiary/aromatic N) is 5. The molecule has 0 saturated carbocycles. The maximum Gasteiger partial charge on any atom is 0.243 e. The topological polar surface area (TPSA) is 69.6 Å². The molecule has 29 heavy (non-hydrogen) atoms. The van der Waals surface area contributed by atoms with E-state index >= 15 is 0 Å². The van der Waals surface area contributed by atoms with Crippen LogP contribution in [0.2, 0.25) is 0 Å². The van der Waals surface area contributed by atoms with Gasteiger partial charge in [0, 0.05) is 45.5 Å². The fraction of sp³-hybridized carbons (Fsp3) is 0.524. The molecule has 2 fully saturated rings. The van der Waals surface area contributed by atoms with Crippen molar-refractivity contribution in [1.82, 2.24) is 14.3 Å². The minimum Gasteiger partial charge on any atom is -0.354 e. The second-order valence-corrected chi connectivity index (χ2v) is 9.83. The SMILES string of the molecule is Cc1ccc(S(=O)(=O)N2CCN(c3ccnc(N4CCCCC4)n3)CC2)c(C)c1. The van der Waals surface area contributed by atoms with Gasteiger partial charge in [0.2, 0.25) is 16.0 Å². The van der Waals surface area contributed by atoms with E-state index in [1.807, 2.05) is 38.2 Å². The molecule has 2 aromatic rings. The molecular formula is C21H29N5O2S. The van der Waals surface area contributed by atoms with E-state index in [2.05, 4.69) is 14.8 Å². The van der Waals surface area contributed by atoms with Crippen molar-refractivity contribution in [3.8, 4) is 0 Å². The van der Waals surface area contributed by atoms with Gasteiger partial charge in [-0.25, -0.2) is 13.4 Å². The Morgan fingerprint density at radius 2 is 1.59 bits per heavy atom. The number of benzene rings is 1. The summed E-state index contributed by atoms with van der Waals surface area (Å²) >= 11 is 0. The second kappa shape index (κ2) is 8.28. The molecule has 2 saturated heterocycles. The molecule has 1 aromatic heterocycles. The molecule has 7 nitrogen and oxygen atoms in total. The Hall–Kier alpha value is -2.19. The van der Waals surface area contributed by atoms with Crippen LogP contribution in [0.25, 0.3) is 0 Å². The molecule has 3 heterocycles. The van der Waals surface area contributed by atoms with E-state index in [1.165, 1.54) is 19.3 Å². The number of aryl methyl sites for hydroxylation is 2. The fourth-order valence-electron chi connectivity index (χ4n) is 4.15. The normalized spacial score (nSPS) is 18.8. The molecule has 0 radical (unpaired) electrons. The molecule has 1 aromatic carbocycles. The smallest absolute Gasteiger partial charge is 0.243 e. The third-order valence-corrected chi connectivity index (χ3v) is 7.84. The lowest BCUT2D eigenvalue weighted by atomic mass is 10.1. The zero-order valence-corrected chi connectivity index (χ0v) is 18.0. The van der Waals surface area contributed by atoms with Crippen LogP contribution in [0.1, 0.15) is 30.4 Å². The third-order valence-electron chi connectivity index (χ3n) is 5.78. The van der Waals surface area contributed by atoms with Crippen molar-refractivity contribution in [2.45, 2.75) is 38.0 Å². The van der Waals surface area contributed by atoms with Crippen LogP contribution in [-0.4, -0.2) is 62.0 Å².